The molecule has 1 atom stereocenters. The van der Waals surface area contributed by atoms with Gasteiger partial charge < -0.3 is 15.0 Å². The van der Waals surface area contributed by atoms with Crippen LogP contribution in [0.3, 0.4) is 0 Å². The summed E-state index contributed by atoms with van der Waals surface area (Å²) in [6.45, 7) is 6.26. The molecule has 0 spiro atoms. The van der Waals surface area contributed by atoms with Gasteiger partial charge in [-0.05, 0) is 57.0 Å². The van der Waals surface area contributed by atoms with Gasteiger partial charge in [-0.3, -0.25) is 9.59 Å². The number of amides is 2. The first-order valence-electron chi connectivity index (χ1n) is 12.4. The van der Waals surface area contributed by atoms with Crippen molar-refractivity contribution in [2.45, 2.75) is 58.2 Å². The number of nitrogens with zero attached hydrogens (tertiary/aromatic N) is 1. The largest absolute Gasteiger partial charge is 0.494 e. The van der Waals surface area contributed by atoms with E-state index in [0.717, 1.165) is 11.3 Å². The molecule has 0 aliphatic heterocycles. The standard InChI is InChI=1S/C30H34Cl2N2O3/c1-30(2,3)33-29(36)27(20-22-12-6-4-7-13-22)34(21-24-25(31)16-10-17-26(24)32)28(35)18-11-19-37-23-14-8-5-9-15-23/h4-10,12-17,27H,11,18-21H2,1-3H3,(H,33,36). The summed E-state index contributed by atoms with van der Waals surface area (Å²) < 4.78 is 5.77. The lowest BCUT2D eigenvalue weighted by Gasteiger charge is -2.34. The summed E-state index contributed by atoms with van der Waals surface area (Å²) in [4.78, 5) is 28.9. The Morgan fingerprint density at radius 3 is 2.08 bits per heavy atom. The fourth-order valence-corrected chi connectivity index (χ4v) is 4.45. The van der Waals surface area contributed by atoms with E-state index in [0.29, 0.717) is 35.1 Å². The molecule has 5 nitrogen and oxygen atoms in total. The fourth-order valence-electron chi connectivity index (χ4n) is 3.93. The van der Waals surface area contributed by atoms with Crippen LogP contribution >= 0.6 is 23.2 Å². The van der Waals surface area contributed by atoms with E-state index in [1.54, 1.807) is 23.1 Å². The molecular weight excluding hydrogens is 507 g/mol. The predicted molar refractivity (Wildman–Crippen MR) is 150 cm³/mol. The third-order valence-corrected chi connectivity index (χ3v) is 6.41. The maximum Gasteiger partial charge on any atom is 0.243 e. The number of para-hydroxylation sites is 1. The molecule has 2 amide bonds. The number of ether oxygens (including phenoxy) is 1. The van der Waals surface area contributed by atoms with Gasteiger partial charge in [0.1, 0.15) is 11.8 Å². The summed E-state index contributed by atoms with van der Waals surface area (Å²) in [6.07, 6.45) is 1.07. The summed E-state index contributed by atoms with van der Waals surface area (Å²) in [5.74, 6) is 0.354. The molecule has 0 aromatic heterocycles. The van der Waals surface area contributed by atoms with Gasteiger partial charge in [-0.1, -0.05) is 77.8 Å². The van der Waals surface area contributed by atoms with E-state index in [9.17, 15) is 9.59 Å². The number of nitrogens with one attached hydrogen (secondary N) is 1. The quantitative estimate of drug-likeness (QED) is 0.275. The number of benzene rings is 3. The lowest BCUT2D eigenvalue weighted by molar-refractivity contribution is -0.142. The molecule has 0 aliphatic rings. The van der Waals surface area contributed by atoms with Crippen molar-refractivity contribution < 1.29 is 14.3 Å². The first-order chi connectivity index (χ1) is 17.6. The van der Waals surface area contributed by atoms with Crippen molar-refractivity contribution in [3.05, 3.63) is 100 Å². The summed E-state index contributed by atoms with van der Waals surface area (Å²) in [5, 5.41) is 3.96. The Labute approximate surface area is 229 Å². The van der Waals surface area contributed by atoms with Gasteiger partial charge in [0.15, 0.2) is 0 Å². The summed E-state index contributed by atoms with van der Waals surface area (Å²) >= 11 is 13.0. The minimum Gasteiger partial charge on any atom is -0.494 e. The topological polar surface area (TPSA) is 58.6 Å². The monoisotopic (exact) mass is 540 g/mol. The number of halogens is 2. The second-order valence-corrected chi connectivity index (χ2v) is 10.7. The molecule has 0 saturated heterocycles. The van der Waals surface area contributed by atoms with E-state index in [1.807, 2.05) is 81.4 Å². The van der Waals surface area contributed by atoms with Crippen LogP contribution in [0.2, 0.25) is 10.0 Å². The number of carbonyl (C=O) groups is 2. The zero-order valence-electron chi connectivity index (χ0n) is 21.5. The average Bonchev–Trinajstić information content (AvgIpc) is 2.85. The molecule has 0 fully saturated rings. The Bertz CT molecular complexity index is 1140. The first-order valence-corrected chi connectivity index (χ1v) is 13.2. The third-order valence-electron chi connectivity index (χ3n) is 5.71. The van der Waals surface area contributed by atoms with Crippen molar-refractivity contribution in [3.8, 4) is 5.75 Å². The van der Waals surface area contributed by atoms with Crippen LogP contribution in [0.25, 0.3) is 0 Å². The third kappa shape index (κ3) is 9.10. The zero-order valence-corrected chi connectivity index (χ0v) is 23.1. The highest BCUT2D eigenvalue weighted by Crippen LogP contribution is 2.28. The predicted octanol–water partition coefficient (Wildman–Crippen LogP) is 6.71. The van der Waals surface area contributed by atoms with E-state index in [1.165, 1.54) is 0 Å². The molecule has 1 unspecified atom stereocenters. The van der Waals surface area contributed by atoms with Crippen molar-refractivity contribution in [3.63, 3.8) is 0 Å². The van der Waals surface area contributed by atoms with Crippen LogP contribution in [0, 0.1) is 0 Å². The Hall–Kier alpha value is -3.02. The summed E-state index contributed by atoms with van der Waals surface area (Å²) in [7, 11) is 0. The molecule has 3 rings (SSSR count). The molecular formula is C30H34Cl2N2O3. The first kappa shape index (κ1) is 28.5. The fraction of sp³-hybridized carbons (Fsp3) is 0.333. The minimum atomic E-state index is -0.753. The van der Waals surface area contributed by atoms with Crippen LogP contribution < -0.4 is 10.1 Å². The molecule has 0 aliphatic carbocycles. The Balaban J connectivity index is 1.87. The Kier molecular flexibility index (Phi) is 10.4. The molecule has 196 valence electrons. The van der Waals surface area contributed by atoms with Gasteiger partial charge >= 0.3 is 0 Å². The second kappa shape index (κ2) is 13.5. The van der Waals surface area contributed by atoms with Crippen LogP contribution in [-0.2, 0) is 22.6 Å². The highest BCUT2D eigenvalue weighted by Gasteiger charge is 2.32. The van der Waals surface area contributed by atoms with Crippen LogP contribution in [0.15, 0.2) is 78.9 Å². The molecule has 37 heavy (non-hydrogen) atoms. The van der Waals surface area contributed by atoms with E-state index >= 15 is 0 Å². The lowest BCUT2D eigenvalue weighted by atomic mass is 10.00. The van der Waals surface area contributed by atoms with Gasteiger partial charge in [0.05, 0.1) is 6.61 Å². The van der Waals surface area contributed by atoms with Gasteiger partial charge in [0.25, 0.3) is 0 Å². The Morgan fingerprint density at radius 2 is 1.49 bits per heavy atom. The average molecular weight is 542 g/mol. The molecule has 0 bridgehead atoms. The van der Waals surface area contributed by atoms with Crippen molar-refractivity contribution >= 4 is 35.0 Å². The number of rotatable bonds is 11. The maximum atomic E-state index is 13.7. The van der Waals surface area contributed by atoms with E-state index in [2.05, 4.69) is 5.32 Å². The maximum absolute atomic E-state index is 13.7. The minimum absolute atomic E-state index is 0.117. The molecule has 0 radical (unpaired) electrons. The highest BCUT2D eigenvalue weighted by molar-refractivity contribution is 6.36. The van der Waals surface area contributed by atoms with Crippen LogP contribution in [0.5, 0.6) is 5.75 Å². The van der Waals surface area contributed by atoms with Crippen LogP contribution in [0.4, 0.5) is 0 Å². The summed E-state index contributed by atoms with van der Waals surface area (Å²) in [6, 6.07) is 23.6. The van der Waals surface area contributed by atoms with Crippen LogP contribution in [-0.4, -0.2) is 34.9 Å². The SMILES string of the molecule is CC(C)(C)NC(=O)C(Cc1ccccc1)N(Cc1c(Cl)cccc1Cl)C(=O)CCCOc1ccccc1. The molecule has 3 aromatic rings. The number of carbonyl (C=O) groups excluding carboxylic acids is 2. The highest BCUT2D eigenvalue weighted by atomic mass is 35.5. The van der Waals surface area contributed by atoms with E-state index < -0.39 is 11.6 Å². The van der Waals surface area contributed by atoms with Crippen molar-refractivity contribution in [2.24, 2.45) is 0 Å². The Morgan fingerprint density at radius 1 is 0.892 bits per heavy atom. The lowest BCUT2D eigenvalue weighted by Crippen LogP contribution is -2.54. The van der Waals surface area contributed by atoms with Gasteiger partial charge in [0, 0.05) is 40.5 Å². The van der Waals surface area contributed by atoms with Crippen molar-refractivity contribution in [2.75, 3.05) is 6.61 Å². The molecule has 7 heteroatoms. The van der Waals surface area contributed by atoms with Gasteiger partial charge in [-0.2, -0.15) is 0 Å². The smallest absolute Gasteiger partial charge is 0.243 e. The van der Waals surface area contributed by atoms with Gasteiger partial charge in [0.2, 0.25) is 11.8 Å². The van der Waals surface area contributed by atoms with Crippen LogP contribution in [0.1, 0.15) is 44.7 Å². The number of hydrogen-bond donors (Lipinski definition) is 1. The zero-order chi connectivity index (χ0) is 26.8. The second-order valence-electron chi connectivity index (χ2n) is 9.93. The van der Waals surface area contributed by atoms with E-state index in [-0.39, 0.29) is 24.8 Å². The molecule has 3 aromatic carbocycles. The van der Waals surface area contributed by atoms with E-state index in [4.69, 9.17) is 27.9 Å². The van der Waals surface area contributed by atoms with Crippen molar-refractivity contribution in [1.82, 2.24) is 10.2 Å². The molecule has 0 saturated carbocycles. The van der Waals surface area contributed by atoms with Gasteiger partial charge in [-0.15, -0.1) is 0 Å². The van der Waals surface area contributed by atoms with Crippen molar-refractivity contribution in [1.29, 1.82) is 0 Å². The normalized spacial score (nSPS) is 12.0. The van der Waals surface area contributed by atoms with Gasteiger partial charge in [-0.25, -0.2) is 0 Å². The molecule has 1 N–H and O–H groups in total. The molecule has 0 heterocycles. The number of hydrogen-bond acceptors (Lipinski definition) is 3. The summed E-state index contributed by atoms with van der Waals surface area (Å²) in [5.41, 5.74) is 1.10.